The van der Waals surface area contributed by atoms with E-state index in [1.165, 1.54) is 11.9 Å². The Morgan fingerprint density at radius 1 is 0.897 bits per heavy atom. The average Bonchev–Trinajstić information content (AvgIpc) is 2.66. The van der Waals surface area contributed by atoms with E-state index in [9.17, 15) is 19.3 Å². The van der Waals surface area contributed by atoms with Crippen molar-refractivity contribution >= 4 is 54.6 Å². The van der Waals surface area contributed by atoms with Crippen LogP contribution in [0.4, 0.5) is 0 Å². The van der Waals surface area contributed by atoms with Gasteiger partial charge in [0.25, 0.3) is 5.96 Å². The average molecular weight is 435 g/mol. The molecule has 0 heterocycles. The van der Waals surface area contributed by atoms with Crippen LogP contribution >= 0.6 is 12.4 Å². The summed E-state index contributed by atoms with van der Waals surface area (Å²) in [5, 5.41) is 8.49. The Morgan fingerprint density at radius 3 is 1.86 bits per heavy atom. The molecule has 29 heavy (non-hydrogen) atoms. The topological polar surface area (TPSA) is 233 Å². The van der Waals surface area contributed by atoms with Gasteiger partial charge < -0.3 is 31.8 Å². The first-order valence-corrected chi connectivity index (χ1v) is 6.99. The van der Waals surface area contributed by atoms with Crippen molar-refractivity contribution in [3.63, 3.8) is 0 Å². The second-order valence-electron chi connectivity index (χ2n) is 4.64. The smallest absolute Gasteiger partial charge is 0.359 e. The molecule has 0 spiro atoms. The van der Waals surface area contributed by atoms with Gasteiger partial charge in [-0.2, -0.15) is 9.98 Å². The first-order valence-electron chi connectivity index (χ1n) is 6.99. The minimum Gasteiger partial charge on any atom is -0.369 e. The van der Waals surface area contributed by atoms with Crippen LogP contribution in [0.15, 0.2) is 37.6 Å². The second-order valence-corrected chi connectivity index (χ2v) is 4.64. The number of hydrogen-bond acceptors (Lipinski definition) is 8. The van der Waals surface area contributed by atoms with Crippen LogP contribution in [-0.4, -0.2) is 73.1 Å². The summed E-state index contributed by atoms with van der Waals surface area (Å²) in [6, 6.07) is 0. The predicted octanol–water partition coefficient (Wildman–Crippen LogP) is -2.40. The van der Waals surface area contributed by atoms with Crippen molar-refractivity contribution in [1.82, 2.24) is 9.80 Å². The largest absolute Gasteiger partial charge is 0.369 e. The lowest BCUT2D eigenvalue weighted by Crippen LogP contribution is -2.33. The number of nitroso groups, excluding NO2 is 1. The molecule has 0 fully saturated rings. The summed E-state index contributed by atoms with van der Waals surface area (Å²) in [5.41, 5.74) is 16.1. The van der Waals surface area contributed by atoms with Gasteiger partial charge in [0.05, 0.1) is 0 Å². The number of amides is 1. The monoisotopic (exact) mass is 434 g/mol. The van der Waals surface area contributed by atoms with Gasteiger partial charge in [0.1, 0.15) is 0 Å². The Labute approximate surface area is 170 Å². The predicted molar refractivity (Wildman–Crippen MR) is 104 cm³/mol. The lowest BCUT2D eigenvalue weighted by atomic mass is 10.5. The van der Waals surface area contributed by atoms with Crippen molar-refractivity contribution in [3.05, 3.63) is 17.1 Å². The number of guanidine groups is 4. The first-order chi connectivity index (χ1) is 13.1. The molecule has 0 aliphatic heterocycles. The van der Waals surface area contributed by atoms with Crippen molar-refractivity contribution in [2.24, 2.45) is 42.7 Å². The lowest BCUT2D eigenvalue weighted by Gasteiger charge is -2.09. The molecule has 0 aromatic carbocycles. The number of aliphatic imine (C=N–C) groups is 2. The molecule has 0 saturated heterocycles. The summed E-state index contributed by atoms with van der Waals surface area (Å²) in [6.07, 6.45) is 1.53. The lowest BCUT2D eigenvalue weighted by molar-refractivity contribution is -0.140. The molecule has 0 aromatic heterocycles. The van der Waals surface area contributed by atoms with Crippen molar-refractivity contribution < 1.29 is 24.1 Å². The number of carbonyl (C=O) groups is 3. The van der Waals surface area contributed by atoms with Gasteiger partial charge in [-0.15, -0.1) is 17.3 Å². The van der Waals surface area contributed by atoms with E-state index in [-0.39, 0.29) is 18.4 Å². The van der Waals surface area contributed by atoms with Crippen LogP contribution < -0.4 is 17.2 Å². The second kappa shape index (κ2) is 14.0. The van der Waals surface area contributed by atoms with Gasteiger partial charge in [0, 0.05) is 38.5 Å². The zero-order chi connectivity index (χ0) is 21.7. The fourth-order valence-corrected chi connectivity index (χ4v) is 0.905. The molecule has 6 N–H and O–H groups in total. The third-order valence-electron chi connectivity index (χ3n) is 2.30. The van der Waals surface area contributed by atoms with E-state index >= 15 is 0 Å². The number of nitrogens with two attached hydrogens (primary N) is 3. The summed E-state index contributed by atoms with van der Waals surface area (Å²) in [5.74, 6) is -4.05. The van der Waals surface area contributed by atoms with Crippen molar-refractivity contribution in [1.29, 1.82) is 0 Å². The Balaban J connectivity index is 0. The highest BCUT2D eigenvalue weighted by atomic mass is 35.5. The van der Waals surface area contributed by atoms with E-state index in [0.29, 0.717) is 18.6 Å². The van der Waals surface area contributed by atoms with Gasteiger partial charge in [-0.1, -0.05) is 0 Å². The molecule has 1 amide bonds. The molecule has 160 valence electrons. The number of halogens is 1. The molecular weight excluding hydrogens is 416 g/mol. The normalized spacial score (nSPS) is 12.7. The number of hydrogen-bond donors (Lipinski definition) is 3. The van der Waals surface area contributed by atoms with Crippen LogP contribution in [-0.2, 0) is 24.1 Å². The number of carbonyl (C=O) groups excluding carboxylic acids is 3. The van der Waals surface area contributed by atoms with Crippen LogP contribution in [0.5, 0.6) is 0 Å². The van der Waals surface area contributed by atoms with Crippen LogP contribution in [0.3, 0.4) is 0 Å². The molecule has 0 unspecified atom stereocenters. The van der Waals surface area contributed by atoms with E-state index < -0.39 is 29.8 Å². The van der Waals surface area contributed by atoms with E-state index in [4.69, 9.17) is 17.2 Å². The zero-order valence-electron chi connectivity index (χ0n) is 15.5. The summed E-state index contributed by atoms with van der Waals surface area (Å²) in [6.45, 7) is 0. The maximum atomic E-state index is 11.4. The quantitative estimate of drug-likeness (QED) is 0.0788. The highest BCUT2D eigenvalue weighted by molar-refractivity contribution is 5.98. The van der Waals surface area contributed by atoms with Crippen molar-refractivity contribution in [3.8, 4) is 0 Å². The van der Waals surface area contributed by atoms with E-state index in [0.717, 1.165) is 4.90 Å². The molecular formula is C12H19ClN10O6. The molecule has 0 saturated carbocycles. The molecule has 0 aliphatic rings. The van der Waals surface area contributed by atoms with Crippen molar-refractivity contribution in [2.45, 2.75) is 0 Å². The molecule has 16 nitrogen and oxygen atoms in total. The molecule has 17 heteroatoms. The number of nitrogens with zero attached hydrogens (tertiary/aromatic N) is 7. The van der Waals surface area contributed by atoms with Gasteiger partial charge >= 0.3 is 17.9 Å². The molecule has 0 bridgehead atoms. The maximum Gasteiger partial charge on any atom is 0.359 e. The summed E-state index contributed by atoms with van der Waals surface area (Å²) in [4.78, 5) is 61.5. The van der Waals surface area contributed by atoms with E-state index in [1.54, 1.807) is 14.1 Å². The third-order valence-corrected chi connectivity index (χ3v) is 2.30. The standard InChI is InChI=1S/C12H18N10O6.ClH/c1-21(2)10(14)16-9(13)19-27-7(24)4-5-8(25)28-20-12(18-26)17-11(15)22(3)6-23;/h4-6H,1-3H3,(H2,15,17,20)(H4,13,14,16,19);1H/b5-4-;. The maximum absolute atomic E-state index is 11.4. The number of oxime groups is 2. The number of rotatable bonds is 5. The SMILES string of the molecule is CN(C)/C(N)=N/C(N)=N/OC(=O)/C=C\C(=O)O/N=C(N=O)/N=C(\N)N(C)C=O.Cl. The molecule has 0 rings (SSSR count). The Morgan fingerprint density at radius 2 is 1.41 bits per heavy atom. The van der Waals surface area contributed by atoms with Gasteiger partial charge in [-0.25, -0.2) is 9.59 Å². The Kier molecular flexibility index (Phi) is 13.1. The minimum atomic E-state index is -1.19. The summed E-state index contributed by atoms with van der Waals surface area (Å²) in [7, 11) is 4.44. The van der Waals surface area contributed by atoms with E-state index in [2.05, 4.69) is 35.1 Å². The Bertz CT molecular complexity index is 760. The molecule has 0 atom stereocenters. The van der Waals surface area contributed by atoms with Crippen LogP contribution in [0.2, 0.25) is 0 Å². The zero-order valence-corrected chi connectivity index (χ0v) is 16.3. The van der Waals surface area contributed by atoms with E-state index in [1.807, 2.05) is 0 Å². The first kappa shape index (κ1) is 27.1. The fraction of sp³-hybridized carbons (Fsp3) is 0.250. The summed E-state index contributed by atoms with van der Waals surface area (Å²) >= 11 is 0. The molecule has 0 aromatic rings. The van der Waals surface area contributed by atoms with Gasteiger partial charge in [-0.05, 0) is 10.3 Å². The molecule has 0 aliphatic carbocycles. The van der Waals surface area contributed by atoms with Gasteiger partial charge in [0.15, 0.2) is 5.96 Å². The molecule has 0 radical (unpaired) electrons. The van der Waals surface area contributed by atoms with Gasteiger partial charge in [-0.3, -0.25) is 9.69 Å². The van der Waals surface area contributed by atoms with Crippen LogP contribution in [0.25, 0.3) is 0 Å². The minimum absolute atomic E-state index is 0. The van der Waals surface area contributed by atoms with Gasteiger partial charge in [0.2, 0.25) is 12.4 Å². The van der Waals surface area contributed by atoms with Crippen LogP contribution in [0.1, 0.15) is 0 Å². The van der Waals surface area contributed by atoms with Crippen LogP contribution in [0, 0.1) is 4.91 Å². The Hall–Kier alpha value is -4.08. The van der Waals surface area contributed by atoms with Crippen molar-refractivity contribution in [2.75, 3.05) is 21.1 Å². The highest BCUT2D eigenvalue weighted by Crippen LogP contribution is 1.92. The summed E-state index contributed by atoms with van der Waals surface area (Å²) < 4.78 is 0. The fourth-order valence-electron chi connectivity index (χ4n) is 0.905. The highest BCUT2D eigenvalue weighted by Gasteiger charge is 2.06. The third kappa shape index (κ3) is 12.0.